The molecule has 16 atom stereocenters. The average molecular weight is 1890 g/mol. The molecule has 12 N–H and O–H groups in total. The number of hydrogen-bond donors (Lipinski definition) is 9. The fraction of sp³-hybridized carbons (Fsp3) is 0.577. The maximum Gasteiger partial charge on any atom is 0.407 e. The zero-order chi connectivity index (χ0) is 96.7. The van der Waals surface area contributed by atoms with Crippen molar-refractivity contribution in [1.29, 1.82) is 0 Å². The Hall–Kier alpha value is -11.2. The Morgan fingerprint density at radius 2 is 1.40 bits per heavy atom. The number of aromatic nitrogens is 9. The van der Waals surface area contributed by atoms with Gasteiger partial charge in [0.05, 0.1) is 94.8 Å². The molecular weight excluding hydrogens is 1750 g/mol. The molecule has 736 valence electrons. The molecule has 5 aliphatic heterocycles. The van der Waals surface area contributed by atoms with Gasteiger partial charge in [-0.15, -0.1) is 0 Å². The van der Waals surface area contributed by atoms with Crippen LogP contribution in [0.2, 0.25) is 0 Å². The molecule has 1 aliphatic carbocycles. The highest BCUT2D eigenvalue weighted by Gasteiger charge is 2.53. The number of cyclic esters (lactones) is 1. The molecule has 1 saturated carbocycles. The van der Waals surface area contributed by atoms with E-state index in [0.717, 1.165) is 38.3 Å². The van der Waals surface area contributed by atoms with E-state index in [1.54, 1.807) is 71.7 Å². The van der Waals surface area contributed by atoms with Crippen molar-refractivity contribution in [1.82, 2.24) is 65.1 Å². The number of methoxy groups -OCH3 is 2. The number of anilines is 4. The van der Waals surface area contributed by atoms with Crippen LogP contribution in [0.3, 0.4) is 0 Å². The van der Waals surface area contributed by atoms with Crippen molar-refractivity contribution in [2.24, 2.45) is 35.3 Å². The standard InChI is InChI=1S/C97H132N18O21/c1-58-14-10-9-11-15-59(2)78(127-7)48-71-22-17-63(6)97(126,136-71)87(121)91(123)114-28-13-12-16-74(114)92(124)133-79(49-75(116)60(3)43-62(5)85(119)86(120)84(118)61(4)42-58)72(98)45-64-19-23-77(80(46-64)128-8)135-96(125)101-27-35-130-37-39-132-41-40-131-38-36-129-34-26-81(117)102-50-66-51-103-94(104-52-66)111-30-32-112(33-31-111)95-105-53-70(54-106-95)90(122)113-29-25-67-44-65(18-20-69(67)56-113)55-115-89-82(88(99)107-57-108-89)83(110-115)68-21-24-76-73(47-68)109-93(100)134-76/h9-11,14-15,18,20-21,24,43-44,47,51-54,57-58,60-61,63-64,71-72,74-75,77-80,85-86,116,119-120,126H,12-13,16-17,19,22-23,25-42,45-46,48-50,55-56,98H2,1-8H3,(H2,100,109)(H,101,125)(H,102,117)(H2,99,107,108)/b11-9?,14-10+,59-15?,62-43+/t58-,60-,61-,63-,64+,71+,72-,74+,75-,77-,78+,79+,80-,85-,86+,97-/m1/s1. The predicted molar refractivity (Wildman–Crippen MR) is 502 cm³/mol. The number of piperazine rings is 1. The molecule has 4 amide bonds. The predicted octanol–water partition coefficient (Wildman–Crippen LogP) is 6.78. The summed E-state index contributed by atoms with van der Waals surface area (Å²) in [5.41, 5.74) is 27.9. The van der Waals surface area contributed by atoms with Crippen molar-refractivity contribution in [2.75, 3.05) is 134 Å². The summed E-state index contributed by atoms with van der Waals surface area (Å²) in [6.07, 6.45) is 14.9. The number of amides is 4. The van der Waals surface area contributed by atoms with Gasteiger partial charge in [0.15, 0.2) is 17.0 Å². The average Bonchev–Trinajstić information content (AvgIpc) is 1.59. The lowest BCUT2D eigenvalue weighted by atomic mass is 9.80. The summed E-state index contributed by atoms with van der Waals surface area (Å²) >= 11 is 0. The number of rotatable bonds is 29. The summed E-state index contributed by atoms with van der Waals surface area (Å²) in [5, 5.41) is 57.9. The molecule has 0 radical (unpaired) electrons. The second-order valence-electron chi connectivity index (χ2n) is 36.5. The zero-order valence-corrected chi connectivity index (χ0v) is 78.9. The van der Waals surface area contributed by atoms with Crippen LogP contribution in [0.1, 0.15) is 158 Å². The maximum absolute atomic E-state index is 14.7. The number of hydrogen-bond acceptors (Lipinski definition) is 34. The SMILES string of the molecule is CO[C@H]1C[C@@H]2CC[C@@H](C)[C@@](O)(O2)C(=O)C(=O)N2CCCC[C@H]2C(=O)O[C@H]([C@H](N)C[C@@H]2CC[C@@H](OC(=O)NCCOCCOCCOCCOCCC(=O)NCc3cnc(N4CCN(c5ncc(C(=O)N6CCc7cc(Cn8nc(-c9ccc%10oc(N)nc%10c9)c9c(N)ncnc98)ccc7C6)cn5)CC4)nc3)[C@H](OC)C2)C[C@@H](O)[C@H](C)/C=C(\C)[C@@H](O)[C@@H](O)C(=O)[C@H](C)C[C@H](C)/C=C/C=CC=C1C. The van der Waals surface area contributed by atoms with Crippen LogP contribution >= 0.6 is 0 Å². The van der Waals surface area contributed by atoms with E-state index in [1.165, 1.54) is 13.4 Å². The molecule has 39 nitrogen and oxygen atoms in total. The number of ether oxygens (including phenoxy) is 9. The number of fused-ring (bicyclic) bond motifs is 6. The van der Waals surface area contributed by atoms with E-state index in [4.69, 9.17) is 69.3 Å². The minimum absolute atomic E-state index is 0.00943. The lowest BCUT2D eigenvalue weighted by Gasteiger charge is -2.42. The first-order valence-electron chi connectivity index (χ1n) is 47.3. The number of nitrogens with one attached hydrogen (secondary N) is 2. The summed E-state index contributed by atoms with van der Waals surface area (Å²) in [7, 11) is 3.07. The van der Waals surface area contributed by atoms with Crippen LogP contribution < -0.4 is 37.6 Å². The van der Waals surface area contributed by atoms with Gasteiger partial charge in [0.25, 0.3) is 23.6 Å². The van der Waals surface area contributed by atoms with Crippen molar-refractivity contribution in [3.8, 4) is 11.3 Å². The van der Waals surface area contributed by atoms with Crippen molar-refractivity contribution in [2.45, 2.75) is 218 Å². The molecule has 6 aliphatic rings. The summed E-state index contributed by atoms with van der Waals surface area (Å²) < 4.78 is 60.0. The van der Waals surface area contributed by atoms with Crippen molar-refractivity contribution in [3.63, 3.8) is 0 Å². The first-order chi connectivity index (χ1) is 65.5. The molecule has 7 aromatic rings. The molecule has 2 aromatic carbocycles. The third kappa shape index (κ3) is 26.8. The smallest absolute Gasteiger partial charge is 0.407 e. The number of piperidine rings is 1. The third-order valence-electron chi connectivity index (χ3n) is 26.6. The molecule has 0 spiro atoms. The largest absolute Gasteiger partial charge is 0.459 e. The van der Waals surface area contributed by atoms with E-state index < -0.39 is 114 Å². The molecule has 3 saturated heterocycles. The zero-order valence-electron chi connectivity index (χ0n) is 78.9. The van der Waals surface area contributed by atoms with E-state index in [9.17, 15) is 54.0 Å². The number of aliphatic hydroxyl groups excluding tert-OH is 3. The van der Waals surface area contributed by atoms with E-state index in [-0.39, 0.29) is 120 Å². The van der Waals surface area contributed by atoms with Crippen LogP contribution in [0.4, 0.5) is 28.5 Å². The number of ketones is 2. The topological polar surface area (TPSA) is 520 Å². The summed E-state index contributed by atoms with van der Waals surface area (Å²) in [6.45, 7) is 16.8. The monoisotopic (exact) mass is 1880 g/mol. The molecule has 0 unspecified atom stereocenters. The molecule has 39 heteroatoms. The van der Waals surface area contributed by atoms with Crippen LogP contribution in [0.15, 0.2) is 120 Å². The van der Waals surface area contributed by atoms with Gasteiger partial charge < -0.3 is 115 Å². The number of oxazole rings is 1. The minimum atomic E-state index is -2.51. The second kappa shape index (κ2) is 48.7. The molecule has 4 fully saturated rings. The van der Waals surface area contributed by atoms with E-state index in [0.29, 0.717) is 175 Å². The number of aliphatic hydroxyl groups is 4. The second-order valence-corrected chi connectivity index (χ2v) is 36.5. The van der Waals surface area contributed by atoms with Crippen LogP contribution in [0, 0.1) is 29.6 Å². The van der Waals surface area contributed by atoms with Crippen LogP contribution in [0.25, 0.3) is 33.4 Å². The lowest BCUT2D eigenvalue weighted by molar-refractivity contribution is -0.265. The summed E-state index contributed by atoms with van der Waals surface area (Å²) in [6, 6.07) is 9.68. The quantitative estimate of drug-likeness (QED) is 0.0101. The van der Waals surface area contributed by atoms with Crippen LogP contribution in [0.5, 0.6) is 0 Å². The number of carbonyl (C=O) groups is 7. The van der Waals surface area contributed by atoms with Gasteiger partial charge >= 0.3 is 12.1 Å². The van der Waals surface area contributed by atoms with Gasteiger partial charge in [-0.05, 0) is 142 Å². The van der Waals surface area contributed by atoms with E-state index in [2.05, 4.69) is 67.5 Å². The van der Waals surface area contributed by atoms with E-state index >= 15 is 0 Å². The Labute approximate surface area is 791 Å². The van der Waals surface area contributed by atoms with Gasteiger partial charge in [0, 0.05) is 152 Å². The maximum atomic E-state index is 14.7. The van der Waals surface area contributed by atoms with Gasteiger partial charge in [-0.1, -0.05) is 82.4 Å². The number of nitrogens with two attached hydrogens (primary N) is 3. The third-order valence-corrected chi connectivity index (χ3v) is 26.6. The first kappa shape index (κ1) is 102. The number of Topliss-reactive ketones (excluding diaryl/α,β-unsaturated/α-hetero) is 2. The fourth-order valence-corrected chi connectivity index (χ4v) is 18.5. The number of benzene rings is 2. The Morgan fingerprint density at radius 3 is 2.11 bits per heavy atom. The molecule has 5 aromatic heterocycles. The number of carbonyl (C=O) groups excluding carboxylic acids is 7. The van der Waals surface area contributed by atoms with Crippen molar-refractivity contribution in [3.05, 3.63) is 143 Å². The van der Waals surface area contributed by atoms with Gasteiger partial charge in [-0.3, -0.25) is 24.0 Å². The highest BCUT2D eigenvalue weighted by atomic mass is 16.6. The van der Waals surface area contributed by atoms with E-state index in [1.807, 2.05) is 72.0 Å². The highest BCUT2D eigenvalue weighted by molar-refractivity contribution is 6.39. The van der Waals surface area contributed by atoms with Crippen LogP contribution in [-0.4, -0.2) is 296 Å². The van der Waals surface area contributed by atoms with Crippen molar-refractivity contribution < 1.29 is 101 Å². The Balaban J connectivity index is 0.474. The van der Waals surface area contributed by atoms with Gasteiger partial charge in [0.2, 0.25) is 23.6 Å². The Morgan fingerprint density at radius 1 is 0.691 bits per heavy atom. The summed E-state index contributed by atoms with van der Waals surface area (Å²) in [4.78, 5) is 136. The fourth-order valence-electron chi connectivity index (χ4n) is 18.5. The Kier molecular flexibility index (Phi) is 36.6. The minimum Gasteiger partial charge on any atom is -0.459 e. The molecule has 136 heavy (non-hydrogen) atoms. The first-order valence-corrected chi connectivity index (χ1v) is 47.3. The number of nitrogen functional groups attached to an aromatic ring is 2. The number of esters is 1. The number of alkyl carbamates (subject to hydrolysis) is 1. The lowest BCUT2D eigenvalue weighted by Crippen LogP contribution is -2.61. The summed E-state index contributed by atoms with van der Waals surface area (Å²) in [5.74, 6) is -7.47. The molecular formula is C97H132N18O21. The van der Waals surface area contributed by atoms with Crippen molar-refractivity contribution >= 4 is 87.2 Å². The van der Waals surface area contributed by atoms with Gasteiger partial charge in [-0.25, -0.2) is 44.2 Å². The Bertz CT molecular complexity index is 5340. The molecule has 13 rings (SSSR count). The van der Waals surface area contributed by atoms with Gasteiger partial charge in [0.1, 0.15) is 53.8 Å². The molecule has 2 bridgehead atoms. The van der Waals surface area contributed by atoms with Gasteiger partial charge in [-0.2, -0.15) is 10.1 Å². The highest BCUT2D eigenvalue weighted by Crippen LogP contribution is 2.40. The van der Waals surface area contributed by atoms with Crippen LogP contribution in [-0.2, 0) is 92.7 Å². The molecule has 10 heterocycles. The normalized spacial score (nSPS) is 26.5. The number of allylic oxidation sites excluding steroid dienone is 5. The number of nitrogens with zero attached hydrogens (tertiary/aromatic N) is 13.